The Bertz CT molecular complexity index is 534. The third-order valence-corrected chi connectivity index (χ3v) is 3.00. The fraction of sp³-hybridized carbons (Fsp3) is 0.467. The van der Waals surface area contributed by atoms with Gasteiger partial charge in [0.15, 0.2) is 0 Å². The normalized spacial score (nSPS) is 18.0. The van der Waals surface area contributed by atoms with E-state index in [-0.39, 0.29) is 5.91 Å². The number of β-lactam (4-membered cyclic amide) rings is 1. The first-order valence-corrected chi connectivity index (χ1v) is 6.75. The highest BCUT2D eigenvalue weighted by atomic mass is 16.6. The van der Waals surface area contributed by atoms with Gasteiger partial charge in [-0.15, -0.1) is 0 Å². The van der Waals surface area contributed by atoms with Crippen molar-refractivity contribution in [2.75, 3.05) is 18.6 Å². The molecule has 6 nitrogen and oxygen atoms in total. The van der Waals surface area contributed by atoms with Gasteiger partial charge in [-0.2, -0.15) is 0 Å². The molecule has 114 valence electrons. The Morgan fingerprint density at radius 2 is 1.90 bits per heavy atom. The molecule has 0 saturated carbocycles. The molecule has 1 aromatic rings. The molecule has 1 fully saturated rings. The zero-order chi connectivity index (χ0) is 15.6. The minimum absolute atomic E-state index is 0.147. The molecule has 1 N–H and O–H groups in total. The molecule has 1 aromatic carbocycles. The summed E-state index contributed by atoms with van der Waals surface area (Å²) in [7, 11) is 1.59. The summed E-state index contributed by atoms with van der Waals surface area (Å²) in [6.07, 6.45) is -0.574. The number of hydrogen-bond acceptors (Lipinski definition) is 4. The summed E-state index contributed by atoms with van der Waals surface area (Å²) in [4.78, 5) is 25.3. The van der Waals surface area contributed by atoms with Gasteiger partial charge >= 0.3 is 6.09 Å². The van der Waals surface area contributed by atoms with E-state index in [1.807, 2.05) is 0 Å². The van der Waals surface area contributed by atoms with Gasteiger partial charge in [0, 0.05) is 5.69 Å². The molecule has 1 unspecified atom stereocenters. The van der Waals surface area contributed by atoms with Crippen LogP contribution in [0.1, 0.15) is 20.8 Å². The second kappa shape index (κ2) is 5.63. The average Bonchev–Trinajstić information content (AvgIpc) is 2.41. The number of nitrogens with one attached hydrogen (secondary N) is 1. The van der Waals surface area contributed by atoms with Crippen LogP contribution in [0.2, 0.25) is 0 Å². The quantitative estimate of drug-likeness (QED) is 0.864. The number of amides is 2. The maximum absolute atomic E-state index is 12.0. The standard InChI is InChI=1S/C15H20N2O4/c1-15(2,3)21-14(19)16-12-9-17(13(12)18)10-5-7-11(20-4)8-6-10/h5-8,12H,9H2,1-4H3,(H,16,19). The van der Waals surface area contributed by atoms with Crippen LogP contribution in [-0.4, -0.2) is 37.3 Å². The summed E-state index contributed by atoms with van der Waals surface area (Å²) in [5.41, 5.74) is 0.204. The number of anilines is 1. The fourth-order valence-electron chi connectivity index (χ4n) is 1.98. The first-order chi connectivity index (χ1) is 9.80. The van der Waals surface area contributed by atoms with E-state index < -0.39 is 17.7 Å². The highest BCUT2D eigenvalue weighted by Crippen LogP contribution is 2.24. The van der Waals surface area contributed by atoms with Crippen molar-refractivity contribution in [1.82, 2.24) is 5.32 Å². The molecular weight excluding hydrogens is 272 g/mol. The maximum Gasteiger partial charge on any atom is 0.408 e. The van der Waals surface area contributed by atoms with Gasteiger partial charge in [-0.25, -0.2) is 4.79 Å². The fourth-order valence-corrected chi connectivity index (χ4v) is 1.98. The summed E-state index contributed by atoms with van der Waals surface area (Å²) in [5, 5.41) is 2.57. The number of benzene rings is 1. The van der Waals surface area contributed by atoms with E-state index in [4.69, 9.17) is 9.47 Å². The smallest absolute Gasteiger partial charge is 0.408 e. The average molecular weight is 292 g/mol. The number of methoxy groups -OCH3 is 1. The third-order valence-electron chi connectivity index (χ3n) is 3.00. The Balaban J connectivity index is 1.89. The van der Waals surface area contributed by atoms with Crippen LogP contribution >= 0.6 is 0 Å². The molecule has 21 heavy (non-hydrogen) atoms. The van der Waals surface area contributed by atoms with E-state index >= 15 is 0 Å². The SMILES string of the molecule is COc1ccc(N2CC(NC(=O)OC(C)(C)C)C2=O)cc1. The van der Waals surface area contributed by atoms with Crippen molar-refractivity contribution in [2.24, 2.45) is 0 Å². The summed E-state index contributed by atoms with van der Waals surface area (Å²) < 4.78 is 10.2. The maximum atomic E-state index is 12.0. The lowest BCUT2D eigenvalue weighted by atomic mass is 10.1. The minimum Gasteiger partial charge on any atom is -0.497 e. The van der Waals surface area contributed by atoms with Gasteiger partial charge < -0.3 is 19.7 Å². The molecule has 0 radical (unpaired) electrons. The molecule has 0 aromatic heterocycles. The predicted octanol–water partition coefficient (Wildman–Crippen LogP) is 1.94. The highest BCUT2D eigenvalue weighted by molar-refractivity contribution is 6.05. The Labute approximate surface area is 124 Å². The highest BCUT2D eigenvalue weighted by Gasteiger charge is 2.39. The summed E-state index contributed by atoms with van der Waals surface area (Å²) in [5.74, 6) is 0.584. The number of rotatable bonds is 3. The van der Waals surface area contributed by atoms with E-state index in [2.05, 4.69) is 5.32 Å². The zero-order valence-electron chi connectivity index (χ0n) is 12.7. The minimum atomic E-state index is -0.577. The second-order valence-corrected chi connectivity index (χ2v) is 5.85. The van der Waals surface area contributed by atoms with Crippen LogP contribution in [0, 0.1) is 0 Å². The van der Waals surface area contributed by atoms with Crippen LogP contribution in [0.5, 0.6) is 5.75 Å². The summed E-state index contributed by atoms with van der Waals surface area (Å²) in [6.45, 7) is 5.76. The zero-order valence-corrected chi connectivity index (χ0v) is 12.7. The lowest BCUT2D eigenvalue weighted by Gasteiger charge is -2.38. The monoisotopic (exact) mass is 292 g/mol. The van der Waals surface area contributed by atoms with E-state index in [1.165, 1.54) is 0 Å². The Morgan fingerprint density at radius 1 is 1.29 bits per heavy atom. The van der Waals surface area contributed by atoms with Crippen molar-refractivity contribution in [2.45, 2.75) is 32.4 Å². The van der Waals surface area contributed by atoms with Gasteiger partial charge in [-0.1, -0.05) is 0 Å². The number of ether oxygens (including phenoxy) is 2. The van der Waals surface area contributed by atoms with E-state index in [9.17, 15) is 9.59 Å². The molecule has 1 atom stereocenters. The molecule has 0 aliphatic carbocycles. The number of hydrogen-bond donors (Lipinski definition) is 1. The van der Waals surface area contributed by atoms with Crippen LogP contribution in [0.25, 0.3) is 0 Å². The second-order valence-electron chi connectivity index (χ2n) is 5.85. The Morgan fingerprint density at radius 3 is 2.38 bits per heavy atom. The molecule has 1 heterocycles. The molecular formula is C15H20N2O4. The molecule has 2 amide bonds. The number of alkyl carbamates (subject to hydrolysis) is 1. The van der Waals surface area contributed by atoms with Gasteiger partial charge in [0.1, 0.15) is 17.4 Å². The van der Waals surface area contributed by atoms with E-state index in [0.717, 1.165) is 11.4 Å². The van der Waals surface area contributed by atoms with Gasteiger partial charge in [0.05, 0.1) is 13.7 Å². The molecule has 0 bridgehead atoms. The number of carbonyl (C=O) groups excluding carboxylic acids is 2. The van der Waals surface area contributed by atoms with Gasteiger partial charge in [0.25, 0.3) is 5.91 Å². The molecule has 6 heteroatoms. The van der Waals surface area contributed by atoms with Crippen molar-refractivity contribution in [3.63, 3.8) is 0 Å². The van der Waals surface area contributed by atoms with Gasteiger partial charge in [-0.05, 0) is 45.0 Å². The van der Waals surface area contributed by atoms with Crippen molar-refractivity contribution in [3.8, 4) is 5.75 Å². The number of nitrogens with zero attached hydrogens (tertiary/aromatic N) is 1. The largest absolute Gasteiger partial charge is 0.497 e. The topological polar surface area (TPSA) is 67.9 Å². The van der Waals surface area contributed by atoms with Crippen molar-refractivity contribution in [3.05, 3.63) is 24.3 Å². The van der Waals surface area contributed by atoms with Crippen LogP contribution in [0.3, 0.4) is 0 Å². The van der Waals surface area contributed by atoms with Crippen LogP contribution in [-0.2, 0) is 9.53 Å². The van der Waals surface area contributed by atoms with Gasteiger partial charge in [-0.3, -0.25) is 4.79 Å². The van der Waals surface area contributed by atoms with Crippen LogP contribution in [0.15, 0.2) is 24.3 Å². The molecule has 0 spiro atoms. The van der Waals surface area contributed by atoms with Crippen molar-refractivity contribution < 1.29 is 19.1 Å². The molecule has 1 saturated heterocycles. The lowest BCUT2D eigenvalue weighted by molar-refractivity contribution is -0.124. The first kappa shape index (κ1) is 15.2. The predicted molar refractivity (Wildman–Crippen MR) is 78.5 cm³/mol. The lowest BCUT2D eigenvalue weighted by Crippen LogP contribution is -2.64. The van der Waals surface area contributed by atoms with E-state index in [1.54, 1.807) is 57.0 Å². The molecule has 2 rings (SSSR count). The Kier molecular flexibility index (Phi) is 4.06. The Hall–Kier alpha value is -2.24. The first-order valence-electron chi connectivity index (χ1n) is 6.75. The van der Waals surface area contributed by atoms with Crippen LogP contribution in [0.4, 0.5) is 10.5 Å². The van der Waals surface area contributed by atoms with Crippen LogP contribution < -0.4 is 15.0 Å². The number of carbonyl (C=O) groups is 2. The van der Waals surface area contributed by atoms with Crippen molar-refractivity contribution >= 4 is 17.7 Å². The molecule has 1 aliphatic heterocycles. The van der Waals surface area contributed by atoms with Gasteiger partial charge in [0.2, 0.25) is 0 Å². The third kappa shape index (κ3) is 3.65. The van der Waals surface area contributed by atoms with Crippen molar-refractivity contribution in [1.29, 1.82) is 0 Å². The molecule has 1 aliphatic rings. The van der Waals surface area contributed by atoms with E-state index in [0.29, 0.717) is 6.54 Å². The summed E-state index contributed by atoms with van der Waals surface area (Å²) in [6, 6.07) is 6.66. The summed E-state index contributed by atoms with van der Waals surface area (Å²) >= 11 is 0.